The van der Waals surface area contributed by atoms with Gasteiger partial charge in [0, 0.05) is 25.0 Å². The summed E-state index contributed by atoms with van der Waals surface area (Å²) in [6.07, 6.45) is 2.28. The summed E-state index contributed by atoms with van der Waals surface area (Å²) in [5, 5.41) is 3.39. The van der Waals surface area contributed by atoms with E-state index in [0.717, 1.165) is 32.5 Å². The van der Waals surface area contributed by atoms with Crippen LogP contribution < -0.4 is 5.32 Å². The molecule has 4 nitrogen and oxygen atoms in total. The molecule has 0 spiro atoms. The van der Waals surface area contributed by atoms with Crippen molar-refractivity contribution in [3.8, 4) is 0 Å². The average Bonchev–Trinajstić information content (AvgIpc) is 2.26. The molecule has 0 saturated carbocycles. The van der Waals surface area contributed by atoms with Gasteiger partial charge in [-0.1, -0.05) is 0 Å². The zero-order valence-corrected chi connectivity index (χ0v) is 11.1. The zero-order chi connectivity index (χ0) is 12.4. The molecule has 0 bridgehead atoms. The average molecular weight is 240 g/mol. The van der Waals surface area contributed by atoms with E-state index in [4.69, 9.17) is 4.74 Å². The molecule has 2 rings (SSSR count). The Morgan fingerprint density at radius 1 is 1.24 bits per heavy atom. The Bertz CT molecular complexity index is 273. The summed E-state index contributed by atoms with van der Waals surface area (Å²) in [6, 6.07) is 0.466. The fraction of sp³-hybridized carbons (Fsp3) is 0.923. The van der Waals surface area contributed by atoms with Crippen molar-refractivity contribution in [2.45, 2.75) is 51.9 Å². The van der Waals surface area contributed by atoms with Gasteiger partial charge < -0.3 is 15.0 Å². The minimum Gasteiger partial charge on any atom is -0.372 e. The number of nitrogens with zero attached hydrogens (tertiary/aromatic N) is 1. The molecule has 98 valence electrons. The number of ether oxygens (including phenoxy) is 1. The second-order valence-electron chi connectivity index (χ2n) is 5.58. The van der Waals surface area contributed by atoms with Gasteiger partial charge in [0.05, 0.1) is 12.2 Å². The molecule has 2 heterocycles. The number of nitrogens with one attached hydrogen (secondary N) is 1. The number of amides is 1. The van der Waals surface area contributed by atoms with Crippen molar-refractivity contribution in [2.75, 3.05) is 19.6 Å². The highest BCUT2D eigenvalue weighted by molar-refractivity contribution is 5.79. The highest BCUT2D eigenvalue weighted by Gasteiger charge is 2.32. The summed E-state index contributed by atoms with van der Waals surface area (Å²) in [5.41, 5.74) is 0. The molecule has 0 aromatic carbocycles. The molecule has 2 aliphatic rings. The first-order valence-electron chi connectivity index (χ1n) is 6.74. The molecule has 2 saturated heterocycles. The normalized spacial score (nSPS) is 39.1. The van der Waals surface area contributed by atoms with Crippen LogP contribution in [0.4, 0.5) is 0 Å². The van der Waals surface area contributed by atoms with Crippen LogP contribution in [0.1, 0.15) is 33.6 Å². The van der Waals surface area contributed by atoms with Crippen molar-refractivity contribution < 1.29 is 9.53 Å². The molecular formula is C13H24N2O2. The number of carbonyl (C=O) groups is 1. The molecule has 4 heteroatoms. The number of carbonyl (C=O) groups excluding carboxylic acids is 1. The molecule has 17 heavy (non-hydrogen) atoms. The van der Waals surface area contributed by atoms with E-state index in [2.05, 4.69) is 12.2 Å². The first-order chi connectivity index (χ1) is 8.06. The second kappa shape index (κ2) is 5.36. The molecular weight excluding hydrogens is 216 g/mol. The first kappa shape index (κ1) is 12.8. The minimum atomic E-state index is 0.168. The van der Waals surface area contributed by atoms with E-state index in [1.165, 1.54) is 0 Å². The molecule has 2 aliphatic heterocycles. The Balaban J connectivity index is 1.94. The maximum absolute atomic E-state index is 12.4. The largest absolute Gasteiger partial charge is 0.372 e. The van der Waals surface area contributed by atoms with E-state index in [-0.39, 0.29) is 18.1 Å². The molecule has 2 fully saturated rings. The van der Waals surface area contributed by atoms with Crippen molar-refractivity contribution in [1.29, 1.82) is 0 Å². The number of hydrogen-bond acceptors (Lipinski definition) is 3. The van der Waals surface area contributed by atoms with Crippen LogP contribution in [-0.4, -0.2) is 48.7 Å². The van der Waals surface area contributed by atoms with Crippen molar-refractivity contribution in [1.82, 2.24) is 10.2 Å². The smallest absolute Gasteiger partial charge is 0.225 e. The molecule has 0 aliphatic carbocycles. The Hall–Kier alpha value is -0.610. The van der Waals surface area contributed by atoms with E-state index < -0.39 is 0 Å². The van der Waals surface area contributed by atoms with Crippen LogP contribution >= 0.6 is 0 Å². The number of rotatable bonds is 1. The first-order valence-corrected chi connectivity index (χ1v) is 6.74. The summed E-state index contributed by atoms with van der Waals surface area (Å²) in [5.74, 6) is 0.545. The van der Waals surface area contributed by atoms with E-state index in [1.54, 1.807) is 0 Å². The molecule has 4 atom stereocenters. The third kappa shape index (κ3) is 3.19. The van der Waals surface area contributed by atoms with Gasteiger partial charge in [0.1, 0.15) is 0 Å². The maximum atomic E-state index is 12.4. The van der Waals surface area contributed by atoms with Gasteiger partial charge >= 0.3 is 0 Å². The van der Waals surface area contributed by atoms with Crippen LogP contribution in [0, 0.1) is 5.92 Å². The van der Waals surface area contributed by atoms with Gasteiger partial charge in [0.25, 0.3) is 0 Å². The van der Waals surface area contributed by atoms with Crippen molar-refractivity contribution in [3.05, 3.63) is 0 Å². The lowest BCUT2D eigenvalue weighted by Gasteiger charge is -2.38. The lowest BCUT2D eigenvalue weighted by molar-refractivity contribution is -0.148. The fourth-order valence-corrected chi connectivity index (χ4v) is 2.97. The van der Waals surface area contributed by atoms with E-state index in [0.29, 0.717) is 11.9 Å². The van der Waals surface area contributed by atoms with Crippen molar-refractivity contribution >= 4 is 5.91 Å². The molecule has 0 radical (unpaired) electrons. The Morgan fingerprint density at radius 3 is 2.47 bits per heavy atom. The Kier molecular flexibility index (Phi) is 4.05. The monoisotopic (exact) mass is 240 g/mol. The van der Waals surface area contributed by atoms with Crippen molar-refractivity contribution in [3.63, 3.8) is 0 Å². The Morgan fingerprint density at radius 2 is 1.88 bits per heavy atom. The summed E-state index contributed by atoms with van der Waals surface area (Å²) in [6.45, 7) is 8.71. The van der Waals surface area contributed by atoms with Crippen LogP contribution in [0.5, 0.6) is 0 Å². The number of piperidine rings is 1. The zero-order valence-electron chi connectivity index (χ0n) is 11.1. The van der Waals surface area contributed by atoms with E-state index in [1.807, 2.05) is 18.7 Å². The van der Waals surface area contributed by atoms with Crippen molar-refractivity contribution in [2.24, 2.45) is 5.92 Å². The number of hydrogen-bond donors (Lipinski definition) is 1. The van der Waals surface area contributed by atoms with E-state index in [9.17, 15) is 4.79 Å². The lowest BCUT2D eigenvalue weighted by Crippen LogP contribution is -2.52. The molecule has 0 aromatic heterocycles. The van der Waals surface area contributed by atoms with E-state index >= 15 is 0 Å². The highest BCUT2D eigenvalue weighted by atomic mass is 16.5. The van der Waals surface area contributed by atoms with Crippen LogP contribution in [0.25, 0.3) is 0 Å². The molecule has 1 amide bonds. The minimum absolute atomic E-state index is 0.168. The third-order valence-electron chi connectivity index (χ3n) is 3.70. The lowest BCUT2D eigenvalue weighted by atomic mass is 9.91. The predicted octanol–water partition coefficient (Wildman–Crippen LogP) is 1.01. The van der Waals surface area contributed by atoms with Gasteiger partial charge in [0.15, 0.2) is 0 Å². The third-order valence-corrected chi connectivity index (χ3v) is 3.70. The quantitative estimate of drug-likeness (QED) is 0.744. The summed E-state index contributed by atoms with van der Waals surface area (Å²) < 4.78 is 5.67. The van der Waals surface area contributed by atoms with Gasteiger partial charge in [-0.2, -0.15) is 0 Å². The summed E-state index contributed by atoms with van der Waals surface area (Å²) >= 11 is 0. The summed E-state index contributed by atoms with van der Waals surface area (Å²) in [7, 11) is 0. The van der Waals surface area contributed by atoms with Crippen LogP contribution in [0.3, 0.4) is 0 Å². The summed E-state index contributed by atoms with van der Waals surface area (Å²) in [4.78, 5) is 14.4. The highest BCUT2D eigenvalue weighted by Crippen LogP contribution is 2.21. The molecule has 1 N–H and O–H groups in total. The van der Waals surface area contributed by atoms with Gasteiger partial charge in [0.2, 0.25) is 5.91 Å². The van der Waals surface area contributed by atoms with Crippen LogP contribution in [0.2, 0.25) is 0 Å². The van der Waals surface area contributed by atoms with Gasteiger partial charge in [-0.05, 0) is 40.2 Å². The van der Waals surface area contributed by atoms with Gasteiger partial charge in [-0.25, -0.2) is 0 Å². The maximum Gasteiger partial charge on any atom is 0.225 e. The van der Waals surface area contributed by atoms with Gasteiger partial charge in [-0.15, -0.1) is 0 Å². The second-order valence-corrected chi connectivity index (χ2v) is 5.58. The standard InChI is InChI=1S/C13H24N2O2/c1-9-6-12(4-5-14-9)13(16)15-7-10(2)17-11(3)8-15/h9-12,14H,4-8H2,1-3H3. The SMILES string of the molecule is CC1CC(C(=O)N2CC(C)OC(C)C2)CCN1. The predicted molar refractivity (Wildman–Crippen MR) is 66.8 cm³/mol. The van der Waals surface area contributed by atoms with Gasteiger partial charge in [-0.3, -0.25) is 4.79 Å². The Labute approximate surface area is 104 Å². The topological polar surface area (TPSA) is 41.6 Å². The van der Waals surface area contributed by atoms with Crippen LogP contribution in [-0.2, 0) is 9.53 Å². The molecule has 0 aromatic rings. The number of morpholine rings is 1. The van der Waals surface area contributed by atoms with Crippen LogP contribution in [0.15, 0.2) is 0 Å². The fourth-order valence-electron chi connectivity index (χ4n) is 2.97. The molecule has 4 unspecified atom stereocenters.